The second-order valence-corrected chi connectivity index (χ2v) is 7.24. The van der Waals surface area contributed by atoms with Gasteiger partial charge in [0.2, 0.25) is 0 Å². The Morgan fingerprint density at radius 1 is 0.931 bits per heavy atom. The number of thiocarbonyl (C=S) groups is 1. The number of anilines is 1. The maximum absolute atomic E-state index is 12.3. The highest BCUT2D eigenvalue weighted by atomic mass is 32.1. The van der Waals surface area contributed by atoms with E-state index >= 15 is 0 Å². The molecule has 0 heterocycles. The first-order valence-electron chi connectivity index (χ1n) is 9.55. The van der Waals surface area contributed by atoms with Crippen LogP contribution in [0.3, 0.4) is 0 Å². The number of nitrogens with one attached hydrogen (secondary N) is 2. The highest BCUT2D eigenvalue weighted by Gasteiger charge is 2.08. The lowest BCUT2D eigenvalue weighted by atomic mass is 10.1. The Morgan fingerprint density at radius 3 is 2.10 bits per heavy atom. The number of carbonyl (C=O) groups is 1. The summed E-state index contributed by atoms with van der Waals surface area (Å²) in [7, 11) is 1.63. The quantitative estimate of drug-likeness (QED) is 0.445. The number of amides is 1. The molecule has 0 aliphatic carbocycles. The van der Waals surface area contributed by atoms with Crippen LogP contribution in [0.25, 0.3) is 0 Å². The lowest BCUT2D eigenvalue weighted by Crippen LogP contribution is -2.34. The molecule has 0 aromatic heterocycles. The van der Waals surface area contributed by atoms with Crippen LogP contribution < -0.4 is 20.1 Å². The minimum Gasteiger partial charge on any atom is -0.494 e. The van der Waals surface area contributed by atoms with Crippen molar-refractivity contribution < 1.29 is 19.0 Å². The molecule has 0 radical (unpaired) electrons. The van der Waals surface area contributed by atoms with Gasteiger partial charge in [0.15, 0.2) is 5.11 Å². The maximum Gasteiger partial charge on any atom is 0.257 e. The van der Waals surface area contributed by atoms with Crippen LogP contribution in [0.4, 0.5) is 5.69 Å². The second-order valence-electron chi connectivity index (χ2n) is 6.83. The summed E-state index contributed by atoms with van der Waals surface area (Å²) in [5.74, 6) is 1.79. The first kappa shape index (κ1) is 22.6. The third-order valence-electron chi connectivity index (χ3n) is 3.98. The van der Waals surface area contributed by atoms with Crippen LogP contribution in [0.15, 0.2) is 48.5 Å². The number of methoxy groups -OCH3 is 1. The van der Waals surface area contributed by atoms with E-state index in [1.54, 1.807) is 31.4 Å². The van der Waals surface area contributed by atoms with Gasteiger partial charge in [0, 0.05) is 18.4 Å². The van der Waals surface area contributed by atoms with Gasteiger partial charge in [-0.1, -0.05) is 13.8 Å². The molecule has 0 saturated heterocycles. The van der Waals surface area contributed by atoms with Crippen molar-refractivity contribution in [2.24, 2.45) is 5.92 Å². The van der Waals surface area contributed by atoms with E-state index in [4.69, 9.17) is 26.4 Å². The van der Waals surface area contributed by atoms with Gasteiger partial charge < -0.3 is 19.5 Å². The topological polar surface area (TPSA) is 68.8 Å². The van der Waals surface area contributed by atoms with Gasteiger partial charge in [-0.15, -0.1) is 0 Å². The monoisotopic (exact) mass is 416 g/mol. The van der Waals surface area contributed by atoms with Crippen LogP contribution in [-0.2, 0) is 4.74 Å². The smallest absolute Gasteiger partial charge is 0.257 e. The average Bonchev–Trinajstić information content (AvgIpc) is 2.69. The average molecular weight is 417 g/mol. The third-order valence-corrected chi connectivity index (χ3v) is 4.18. The van der Waals surface area contributed by atoms with Crippen LogP contribution in [0.2, 0.25) is 0 Å². The molecule has 7 heteroatoms. The predicted molar refractivity (Wildman–Crippen MR) is 119 cm³/mol. The Morgan fingerprint density at radius 2 is 1.52 bits per heavy atom. The van der Waals surface area contributed by atoms with Gasteiger partial charge in [0.25, 0.3) is 5.91 Å². The molecule has 0 fully saturated rings. The van der Waals surface area contributed by atoms with E-state index < -0.39 is 0 Å². The van der Waals surface area contributed by atoms with E-state index in [0.717, 1.165) is 23.6 Å². The summed E-state index contributed by atoms with van der Waals surface area (Å²) in [4.78, 5) is 12.3. The first-order chi connectivity index (χ1) is 14.0. The molecule has 2 N–H and O–H groups in total. The minimum atomic E-state index is -0.282. The molecule has 6 nitrogen and oxygen atoms in total. The van der Waals surface area contributed by atoms with Gasteiger partial charge in [0.05, 0.1) is 13.2 Å². The first-order valence-corrected chi connectivity index (χ1v) is 9.95. The molecule has 29 heavy (non-hydrogen) atoms. The molecule has 2 aromatic carbocycles. The van der Waals surface area contributed by atoms with Crippen molar-refractivity contribution in [2.45, 2.75) is 20.3 Å². The van der Waals surface area contributed by atoms with Crippen molar-refractivity contribution in [3.05, 3.63) is 54.1 Å². The SMILES string of the molecule is COCCOc1ccc(NC(=S)NC(=O)c2ccc(OCCC(C)C)cc2)cc1. The molecule has 0 aliphatic heterocycles. The number of hydrogen-bond acceptors (Lipinski definition) is 5. The molecular weight excluding hydrogens is 388 g/mol. The molecular formula is C22H28N2O4S. The van der Waals surface area contributed by atoms with Gasteiger partial charge in [-0.05, 0) is 73.1 Å². The van der Waals surface area contributed by atoms with Gasteiger partial charge in [0.1, 0.15) is 18.1 Å². The number of hydrogen-bond donors (Lipinski definition) is 2. The molecule has 0 saturated carbocycles. The zero-order valence-electron chi connectivity index (χ0n) is 17.1. The molecule has 0 aliphatic rings. The fourth-order valence-electron chi connectivity index (χ4n) is 2.33. The molecule has 156 valence electrons. The van der Waals surface area contributed by atoms with Crippen molar-refractivity contribution in [2.75, 3.05) is 32.2 Å². The maximum atomic E-state index is 12.3. The van der Waals surface area contributed by atoms with Crippen LogP contribution in [0, 0.1) is 5.92 Å². The van der Waals surface area contributed by atoms with Crippen molar-refractivity contribution >= 4 is 28.9 Å². The molecule has 1 amide bonds. The van der Waals surface area contributed by atoms with Gasteiger partial charge >= 0.3 is 0 Å². The molecule has 0 bridgehead atoms. The van der Waals surface area contributed by atoms with Crippen molar-refractivity contribution in [3.8, 4) is 11.5 Å². The summed E-state index contributed by atoms with van der Waals surface area (Å²) in [6.45, 7) is 5.98. The van der Waals surface area contributed by atoms with E-state index in [2.05, 4.69) is 24.5 Å². The summed E-state index contributed by atoms with van der Waals surface area (Å²) in [5.41, 5.74) is 1.26. The Bertz CT molecular complexity index is 776. The highest BCUT2D eigenvalue weighted by molar-refractivity contribution is 7.80. The number of rotatable bonds is 10. The summed E-state index contributed by atoms with van der Waals surface area (Å²) >= 11 is 5.22. The molecule has 0 atom stereocenters. The zero-order valence-corrected chi connectivity index (χ0v) is 17.9. The van der Waals surface area contributed by atoms with Gasteiger partial charge in [-0.3, -0.25) is 10.1 Å². The fourth-order valence-corrected chi connectivity index (χ4v) is 2.54. The van der Waals surface area contributed by atoms with Gasteiger partial charge in [-0.25, -0.2) is 0 Å². The largest absolute Gasteiger partial charge is 0.494 e. The summed E-state index contributed by atoms with van der Waals surface area (Å²) in [6.07, 6.45) is 0.989. The lowest BCUT2D eigenvalue weighted by Gasteiger charge is -2.11. The van der Waals surface area contributed by atoms with E-state index in [1.165, 1.54) is 0 Å². The molecule has 2 aromatic rings. The van der Waals surface area contributed by atoms with E-state index in [-0.39, 0.29) is 11.0 Å². The standard InChI is InChI=1S/C22H28N2O4S/c1-16(2)12-13-27-19-8-4-17(5-9-19)21(25)24-22(29)23-18-6-10-20(11-7-18)28-15-14-26-3/h4-11,16H,12-15H2,1-3H3,(H2,23,24,25,29). The second kappa shape index (κ2) is 12.0. The Hall–Kier alpha value is -2.64. The van der Waals surface area contributed by atoms with Crippen LogP contribution in [-0.4, -0.2) is 38.0 Å². The van der Waals surface area contributed by atoms with Gasteiger partial charge in [-0.2, -0.15) is 0 Å². The minimum absolute atomic E-state index is 0.223. The number of benzene rings is 2. The summed E-state index contributed by atoms with van der Waals surface area (Å²) in [5, 5.41) is 5.88. The Balaban J connectivity index is 1.80. The molecule has 0 spiro atoms. The summed E-state index contributed by atoms with van der Waals surface area (Å²) in [6, 6.07) is 14.3. The lowest BCUT2D eigenvalue weighted by molar-refractivity contribution is 0.0977. The van der Waals surface area contributed by atoms with E-state index in [0.29, 0.717) is 31.3 Å². The van der Waals surface area contributed by atoms with Crippen LogP contribution >= 0.6 is 12.2 Å². The number of carbonyl (C=O) groups excluding carboxylic acids is 1. The van der Waals surface area contributed by atoms with E-state index in [9.17, 15) is 4.79 Å². The summed E-state index contributed by atoms with van der Waals surface area (Å²) < 4.78 is 16.1. The van der Waals surface area contributed by atoms with E-state index in [1.807, 2.05) is 24.3 Å². The highest BCUT2D eigenvalue weighted by Crippen LogP contribution is 2.16. The Labute approximate surface area is 177 Å². The molecule has 2 rings (SSSR count). The third kappa shape index (κ3) is 8.50. The Kier molecular flexibility index (Phi) is 9.40. The fraction of sp³-hybridized carbons (Fsp3) is 0.364. The van der Waals surface area contributed by atoms with Crippen LogP contribution in [0.5, 0.6) is 11.5 Å². The predicted octanol–water partition coefficient (Wildman–Crippen LogP) is 4.26. The molecule has 0 unspecified atom stereocenters. The van der Waals surface area contributed by atoms with Crippen molar-refractivity contribution in [3.63, 3.8) is 0 Å². The van der Waals surface area contributed by atoms with Crippen molar-refractivity contribution in [1.82, 2.24) is 5.32 Å². The number of ether oxygens (including phenoxy) is 3. The van der Waals surface area contributed by atoms with Crippen LogP contribution in [0.1, 0.15) is 30.6 Å². The normalized spacial score (nSPS) is 10.5. The zero-order chi connectivity index (χ0) is 21.1. The van der Waals surface area contributed by atoms with Crippen molar-refractivity contribution in [1.29, 1.82) is 0 Å².